The average molecular weight is 334 g/mol. The first-order chi connectivity index (χ1) is 11.2. The van der Waals surface area contributed by atoms with Crippen molar-refractivity contribution in [2.75, 3.05) is 17.9 Å². The Bertz CT molecular complexity index is 717. The molecule has 3 rings (SSSR count). The number of carbonyl (C=O) groups excluding carboxylic acids is 1. The lowest BCUT2D eigenvalue weighted by Gasteiger charge is -2.06. The maximum absolute atomic E-state index is 12.1. The number of hydrogen-bond acceptors (Lipinski definition) is 6. The Morgan fingerprint density at radius 1 is 1.35 bits per heavy atom. The largest absolute Gasteiger partial charge is 0.454 e. The second-order valence-electron chi connectivity index (χ2n) is 5.11. The van der Waals surface area contributed by atoms with E-state index in [1.807, 2.05) is 11.6 Å². The van der Waals surface area contributed by atoms with Gasteiger partial charge in [0.2, 0.25) is 12.7 Å². The molecule has 0 fully saturated rings. The third-order valence-corrected chi connectivity index (χ3v) is 4.41. The molecule has 0 unspecified atom stereocenters. The summed E-state index contributed by atoms with van der Waals surface area (Å²) in [6.45, 7) is 2.31. The molecule has 0 saturated carbocycles. The van der Waals surface area contributed by atoms with E-state index in [0.29, 0.717) is 17.2 Å². The van der Waals surface area contributed by atoms with E-state index >= 15 is 0 Å². The maximum atomic E-state index is 12.1. The summed E-state index contributed by atoms with van der Waals surface area (Å²) >= 11 is 1.37. The van der Waals surface area contributed by atoms with Crippen LogP contribution in [0.1, 0.15) is 19.2 Å². The van der Waals surface area contributed by atoms with Crippen molar-refractivity contribution in [2.24, 2.45) is 7.05 Å². The molecule has 0 bridgehead atoms. The molecular weight excluding hydrogens is 316 g/mol. The highest BCUT2D eigenvalue weighted by atomic mass is 32.2. The highest BCUT2D eigenvalue weighted by molar-refractivity contribution is 7.99. The number of rotatable bonds is 6. The summed E-state index contributed by atoms with van der Waals surface area (Å²) in [6, 6.07) is 5.33. The first-order valence-electron chi connectivity index (χ1n) is 7.38. The van der Waals surface area contributed by atoms with Crippen LogP contribution < -0.4 is 14.8 Å². The van der Waals surface area contributed by atoms with Crippen molar-refractivity contribution in [3.63, 3.8) is 0 Å². The second-order valence-corrected chi connectivity index (χ2v) is 6.06. The first kappa shape index (κ1) is 15.7. The molecule has 2 heterocycles. The van der Waals surface area contributed by atoms with Crippen molar-refractivity contribution in [1.82, 2.24) is 14.8 Å². The lowest BCUT2D eigenvalue weighted by atomic mass is 10.3. The average Bonchev–Trinajstić information content (AvgIpc) is 3.13. The van der Waals surface area contributed by atoms with Gasteiger partial charge in [-0.2, -0.15) is 0 Å². The molecule has 1 N–H and O–H groups in total. The van der Waals surface area contributed by atoms with Crippen LogP contribution in [-0.2, 0) is 18.3 Å². The van der Waals surface area contributed by atoms with Crippen LogP contribution in [0.25, 0.3) is 0 Å². The lowest BCUT2D eigenvalue weighted by Crippen LogP contribution is -2.14. The normalized spacial score (nSPS) is 12.4. The number of aromatic nitrogens is 3. The number of nitrogens with zero attached hydrogens (tertiary/aromatic N) is 3. The van der Waals surface area contributed by atoms with Gasteiger partial charge in [-0.25, -0.2) is 0 Å². The molecule has 0 radical (unpaired) electrons. The summed E-state index contributed by atoms with van der Waals surface area (Å²) in [5.74, 6) is 2.44. The summed E-state index contributed by atoms with van der Waals surface area (Å²) in [6.07, 6.45) is 1.90. The standard InChI is InChI=1S/C15H18N4O3S/c1-3-4-13-17-18-15(19(13)2)23-8-14(20)16-10-5-6-11-12(7-10)22-9-21-11/h5-7H,3-4,8-9H2,1-2H3,(H,16,20). The van der Waals surface area contributed by atoms with Crippen molar-refractivity contribution < 1.29 is 14.3 Å². The number of nitrogens with one attached hydrogen (secondary N) is 1. The van der Waals surface area contributed by atoms with Gasteiger partial charge in [0.05, 0.1) is 5.75 Å². The topological polar surface area (TPSA) is 78.3 Å². The summed E-state index contributed by atoms with van der Waals surface area (Å²) in [5.41, 5.74) is 0.685. The predicted molar refractivity (Wildman–Crippen MR) is 86.9 cm³/mol. The summed E-state index contributed by atoms with van der Waals surface area (Å²) in [5, 5.41) is 11.8. The molecule has 0 spiro atoms. The fraction of sp³-hybridized carbons (Fsp3) is 0.400. The van der Waals surface area contributed by atoms with E-state index in [1.165, 1.54) is 11.8 Å². The lowest BCUT2D eigenvalue weighted by molar-refractivity contribution is -0.113. The Morgan fingerprint density at radius 2 is 2.17 bits per heavy atom. The van der Waals surface area contributed by atoms with Gasteiger partial charge in [0.15, 0.2) is 16.7 Å². The van der Waals surface area contributed by atoms with Gasteiger partial charge in [0.25, 0.3) is 0 Å². The second kappa shape index (κ2) is 6.91. The molecule has 1 aliphatic rings. The van der Waals surface area contributed by atoms with Crippen molar-refractivity contribution in [2.45, 2.75) is 24.9 Å². The van der Waals surface area contributed by atoms with Gasteiger partial charge in [0.1, 0.15) is 5.82 Å². The molecular formula is C15H18N4O3S. The molecule has 1 aromatic carbocycles. The van der Waals surface area contributed by atoms with Crippen LogP contribution in [0.4, 0.5) is 5.69 Å². The Kier molecular flexibility index (Phi) is 4.71. The number of amides is 1. The number of anilines is 1. The third kappa shape index (κ3) is 3.58. The SMILES string of the molecule is CCCc1nnc(SCC(=O)Nc2ccc3c(c2)OCO3)n1C. The summed E-state index contributed by atoms with van der Waals surface area (Å²) in [4.78, 5) is 12.1. The summed E-state index contributed by atoms with van der Waals surface area (Å²) in [7, 11) is 1.92. The number of carbonyl (C=O) groups is 1. The Morgan fingerprint density at radius 3 is 3.00 bits per heavy atom. The summed E-state index contributed by atoms with van der Waals surface area (Å²) < 4.78 is 12.5. The molecule has 122 valence electrons. The molecule has 0 atom stereocenters. The van der Waals surface area contributed by atoms with E-state index in [0.717, 1.165) is 23.8 Å². The minimum atomic E-state index is -0.103. The maximum Gasteiger partial charge on any atom is 0.234 e. The van der Waals surface area contributed by atoms with E-state index in [2.05, 4.69) is 22.4 Å². The molecule has 7 nitrogen and oxygen atoms in total. The van der Waals surface area contributed by atoms with Gasteiger partial charge in [0, 0.05) is 25.2 Å². The number of thioether (sulfide) groups is 1. The smallest absolute Gasteiger partial charge is 0.234 e. The van der Waals surface area contributed by atoms with E-state index in [-0.39, 0.29) is 18.5 Å². The zero-order valence-electron chi connectivity index (χ0n) is 13.0. The highest BCUT2D eigenvalue weighted by Crippen LogP contribution is 2.34. The van der Waals surface area contributed by atoms with E-state index < -0.39 is 0 Å². The molecule has 1 amide bonds. The molecule has 0 saturated heterocycles. The number of ether oxygens (including phenoxy) is 2. The van der Waals surface area contributed by atoms with Gasteiger partial charge in [-0.3, -0.25) is 4.79 Å². The van der Waals surface area contributed by atoms with Gasteiger partial charge < -0.3 is 19.4 Å². The molecule has 23 heavy (non-hydrogen) atoms. The van der Waals surface area contributed by atoms with Crippen LogP contribution >= 0.6 is 11.8 Å². The highest BCUT2D eigenvalue weighted by Gasteiger charge is 2.15. The van der Waals surface area contributed by atoms with E-state index in [1.54, 1.807) is 18.2 Å². The number of fused-ring (bicyclic) bond motifs is 1. The number of aryl methyl sites for hydroxylation is 1. The predicted octanol–water partition coefficient (Wildman–Crippen LogP) is 2.23. The minimum absolute atomic E-state index is 0.103. The van der Waals surface area contributed by atoms with Gasteiger partial charge in [-0.1, -0.05) is 18.7 Å². The Balaban J connectivity index is 1.55. The van der Waals surface area contributed by atoms with Crippen molar-refractivity contribution >= 4 is 23.4 Å². The van der Waals surface area contributed by atoms with E-state index in [4.69, 9.17) is 9.47 Å². The quantitative estimate of drug-likeness (QED) is 0.816. The van der Waals surface area contributed by atoms with Crippen LogP contribution in [0.3, 0.4) is 0 Å². The van der Waals surface area contributed by atoms with Crippen LogP contribution in [-0.4, -0.2) is 33.2 Å². The van der Waals surface area contributed by atoms with Gasteiger partial charge in [-0.05, 0) is 18.6 Å². The monoisotopic (exact) mass is 334 g/mol. The van der Waals surface area contributed by atoms with Crippen molar-refractivity contribution in [3.8, 4) is 11.5 Å². The molecule has 1 aromatic heterocycles. The fourth-order valence-corrected chi connectivity index (χ4v) is 2.94. The van der Waals surface area contributed by atoms with Gasteiger partial charge in [-0.15, -0.1) is 10.2 Å². The van der Waals surface area contributed by atoms with Crippen LogP contribution in [0.15, 0.2) is 23.4 Å². The van der Waals surface area contributed by atoms with Gasteiger partial charge >= 0.3 is 0 Å². The Labute approximate surface area is 138 Å². The number of benzene rings is 1. The fourth-order valence-electron chi connectivity index (χ4n) is 2.21. The molecule has 2 aromatic rings. The van der Waals surface area contributed by atoms with E-state index in [9.17, 15) is 4.79 Å². The zero-order valence-corrected chi connectivity index (χ0v) is 13.9. The first-order valence-corrected chi connectivity index (χ1v) is 8.36. The van der Waals surface area contributed by atoms with Crippen molar-refractivity contribution in [3.05, 3.63) is 24.0 Å². The minimum Gasteiger partial charge on any atom is -0.454 e. The Hall–Kier alpha value is -2.22. The third-order valence-electron chi connectivity index (χ3n) is 3.39. The molecule has 0 aliphatic carbocycles. The molecule has 8 heteroatoms. The zero-order chi connectivity index (χ0) is 16.2. The molecule has 1 aliphatic heterocycles. The van der Waals surface area contributed by atoms with Crippen LogP contribution in [0.5, 0.6) is 11.5 Å². The van der Waals surface area contributed by atoms with Crippen molar-refractivity contribution in [1.29, 1.82) is 0 Å². The number of hydrogen-bond donors (Lipinski definition) is 1. The van der Waals surface area contributed by atoms with Crippen LogP contribution in [0.2, 0.25) is 0 Å². The van der Waals surface area contributed by atoms with Crippen LogP contribution in [0, 0.1) is 0 Å².